The number of aryl methyl sites for hydroxylation is 1. The van der Waals surface area contributed by atoms with Gasteiger partial charge in [0.15, 0.2) is 0 Å². The van der Waals surface area contributed by atoms with Crippen LogP contribution in [0, 0.1) is 0 Å². The fraction of sp³-hybridized carbons (Fsp3) is 0.450. The number of halogens is 2. The van der Waals surface area contributed by atoms with Gasteiger partial charge in [0, 0.05) is 23.0 Å². The molecule has 0 atom stereocenters. The Morgan fingerprint density at radius 2 is 2.00 bits per heavy atom. The molecule has 6 nitrogen and oxygen atoms in total. The summed E-state index contributed by atoms with van der Waals surface area (Å²) in [6.45, 7) is 1.86. The Labute approximate surface area is 161 Å². The highest BCUT2D eigenvalue weighted by molar-refractivity contribution is 5.97. The molecule has 1 aromatic heterocycles. The van der Waals surface area contributed by atoms with Crippen molar-refractivity contribution in [2.24, 2.45) is 0 Å². The normalized spacial score (nSPS) is 16.6. The molecule has 3 N–H and O–H groups in total. The first kappa shape index (κ1) is 20.1. The largest absolute Gasteiger partial charge is 0.383 e. The molecule has 0 aliphatic heterocycles. The number of carbonyl (C=O) groups excluding carboxylic acids is 1. The van der Waals surface area contributed by atoms with Crippen LogP contribution >= 0.6 is 0 Å². The summed E-state index contributed by atoms with van der Waals surface area (Å²) in [4.78, 5) is 30.9. The predicted octanol–water partition coefficient (Wildman–Crippen LogP) is 3.27. The van der Waals surface area contributed by atoms with E-state index in [2.05, 4.69) is 15.3 Å². The van der Waals surface area contributed by atoms with Gasteiger partial charge < -0.3 is 15.4 Å². The van der Waals surface area contributed by atoms with Crippen molar-refractivity contribution in [3.8, 4) is 11.4 Å². The van der Waals surface area contributed by atoms with E-state index in [1.807, 2.05) is 6.92 Å². The molecular formula is C20H23F2N3O3. The van der Waals surface area contributed by atoms with Crippen molar-refractivity contribution >= 4 is 11.6 Å². The Balaban J connectivity index is 1.84. The summed E-state index contributed by atoms with van der Waals surface area (Å²) in [5.74, 6) is -5.16. The van der Waals surface area contributed by atoms with Crippen molar-refractivity contribution in [1.82, 2.24) is 9.97 Å². The lowest BCUT2D eigenvalue weighted by Crippen LogP contribution is -2.56. The predicted molar refractivity (Wildman–Crippen MR) is 101 cm³/mol. The summed E-state index contributed by atoms with van der Waals surface area (Å²) < 4.78 is 29.3. The Hall–Kier alpha value is -2.61. The van der Waals surface area contributed by atoms with Gasteiger partial charge in [-0.3, -0.25) is 9.59 Å². The maximum absolute atomic E-state index is 14.6. The maximum Gasteiger partial charge on any atom is 0.352 e. The van der Waals surface area contributed by atoms with E-state index >= 15 is 0 Å². The molecule has 0 unspecified atom stereocenters. The Kier molecular flexibility index (Phi) is 5.60. The average molecular weight is 391 g/mol. The van der Waals surface area contributed by atoms with Crippen LogP contribution in [0.15, 0.2) is 35.1 Å². The van der Waals surface area contributed by atoms with Crippen molar-refractivity contribution in [2.45, 2.75) is 57.0 Å². The zero-order valence-electron chi connectivity index (χ0n) is 15.6. The van der Waals surface area contributed by atoms with Crippen LogP contribution in [0.1, 0.15) is 44.7 Å². The number of aliphatic hydroxyl groups is 1. The van der Waals surface area contributed by atoms with E-state index in [4.69, 9.17) is 0 Å². The number of hydrogen-bond acceptors (Lipinski definition) is 4. The monoisotopic (exact) mass is 391 g/mol. The third kappa shape index (κ3) is 3.96. The zero-order chi connectivity index (χ0) is 20.4. The molecule has 1 fully saturated rings. The number of H-pyrrole nitrogens is 1. The molecule has 8 heteroatoms. The molecule has 0 spiro atoms. The van der Waals surface area contributed by atoms with Gasteiger partial charge in [0.1, 0.15) is 11.4 Å². The third-order valence-corrected chi connectivity index (χ3v) is 5.10. The van der Waals surface area contributed by atoms with E-state index in [9.17, 15) is 23.5 Å². The number of aromatic nitrogens is 2. The average Bonchev–Trinajstić information content (AvgIpc) is 2.68. The Morgan fingerprint density at radius 1 is 1.29 bits per heavy atom. The second kappa shape index (κ2) is 7.79. The highest BCUT2D eigenvalue weighted by atomic mass is 19.3. The van der Waals surface area contributed by atoms with Gasteiger partial charge in [-0.05, 0) is 31.4 Å². The highest BCUT2D eigenvalue weighted by Gasteiger charge is 2.58. The van der Waals surface area contributed by atoms with Gasteiger partial charge in [-0.15, -0.1) is 0 Å². The minimum Gasteiger partial charge on any atom is -0.383 e. The van der Waals surface area contributed by atoms with Crippen LogP contribution in [-0.2, 0) is 11.2 Å². The first-order valence-electron chi connectivity index (χ1n) is 9.37. The number of nitrogens with one attached hydrogen (secondary N) is 2. The minimum atomic E-state index is -3.90. The molecule has 1 heterocycles. The van der Waals surface area contributed by atoms with Crippen molar-refractivity contribution in [3.05, 3.63) is 46.4 Å². The van der Waals surface area contributed by atoms with Crippen molar-refractivity contribution in [3.63, 3.8) is 0 Å². The second-order valence-electron chi connectivity index (χ2n) is 7.14. The van der Waals surface area contributed by atoms with E-state index in [0.29, 0.717) is 30.5 Å². The van der Waals surface area contributed by atoms with Crippen molar-refractivity contribution in [2.75, 3.05) is 5.32 Å². The summed E-state index contributed by atoms with van der Waals surface area (Å²) in [7, 11) is 0. The molecular weight excluding hydrogens is 368 g/mol. The van der Waals surface area contributed by atoms with Gasteiger partial charge >= 0.3 is 5.92 Å². The molecule has 0 radical (unpaired) electrons. The molecule has 1 aliphatic rings. The summed E-state index contributed by atoms with van der Waals surface area (Å²) in [6, 6.07) is 7.53. The number of benzene rings is 1. The van der Waals surface area contributed by atoms with Gasteiger partial charge in [-0.2, -0.15) is 8.78 Å². The highest BCUT2D eigenvalue weighted by Crippen LogP contribution is 2.41. The zero-order valence-corrected chi connectivity index (χ0v) is 15.6. The first-order valence-corrected chi connectivity index (χ1v) is 9.37. The summed E-state index contributed by atoms with van der Waals surface area (Å²) in [5.41, 5.74) is -1.44. The van der Waals surface area contributed by atoms with E-state index in [-0.39, 0.29) is 29.9 Å². The van der Waals surface area contributed by atoms with Gasteiger partial charge in [-0.25, -0.2) is 4.98 Å². The fourth-order valence-corrected chi connectivity index (χ4v) is 3.44. The lowest BCUT2D eigenvalue weighted by atomic mass is 9.79. The number of hydrogen-bond donors (Lipinski definition) is 3. The van der Waals surface area contributed by atoms with Gasteiger partial charge in [-0.1, -0.05) is 38.3 Å². The maximum atomic E-state index is 14.6. The Morgan fingerprint density at radius 3 is 2.68 bits per heavy atom. The quantitative estimate of drug-likeness (QED) is 0.729. The van der Waals surface area contributed by atoms with E-state index in [1.54, 1.807) is 12.1 Å². The smallest absolute Gasteiger partial charge is 0.352 e. The van der Waals surface area contributed by atoms with Crippen LogP contribution < -0.4 is 10.9 Å². The number of amides is 1. The van der Waals surface area contributed by atoms with Crippen LogP contribution in [0.3, 0.4) is 0 Å². The molecule has 0 saturated heterocycles. The van der Waals surface area contributed by atoms with Crippen LogP contribution in [0.25, 0.3) is 11.4 Å². The number of nitrogens with zero attached hydrogens (tertiary/aromatic N) is 1. The molecule has 150 valence electrons. The molecule has 2 aromatic rings. The third-order valence-electron chi connectivity index (χ3n) is 5.10. The molecule has 1 amide bonds. The summed E-state index contributed by atoms with van der Waals surface area (Å²) >= 11 is 0. The van der Waals surface area contributed by atoms with Crippen LogP contribution in [0.4, 0.5) is 14.5 Å². The number of rotatable bonds is 5. The van der Waals surface area contributed by atoms with E-state index < -0.39 is 17.4 Å². The van der Waals surface area contributed by atoms with E-state index in [0.717, 1.165) is 6.42 Å². The number of aromatic amines is 1. The fourth-order valence-electron chi connectivity index (χ4n) is 3.44. The molecule has 28 heavy (non-hydrogen) atoms. The molecule has 1 saturated carbocycles. The molecule has 0 bridgehead atoms. The topological polar surface area (TPSA) is 95.1 Å². The SMILES string of the molecule is CCc1cc(=O)[nH]c(-c2cccc(NC(=O)C(F)(F)C3(O)CCCCC3)c2)n1. The van der Waals surface area contributed by atoms with Crippen LogP contribution in [-0.4, -0.2) is 32.5 Å². The van der Waals surface area contributed by atoms with Crippen LogP contribution in [0.5, 0.6) is 0 Å². The lowest BCUT2D eigenvalue weighted by Gasteiger charge is -2.37. The second-order valence-corrected chi connectivity index (χ2v) is 7.14. The minimum absolute atomic E-state index is 0.109. The van der Waals surface area contributed by atoms with Crippen molar-refractivity contribution < 1.29 is 18.7 Å². The number of alkyl halides is 2. The molecule has 1 aliphatic carbocycles. The number of carbonyl (C=O) groups is 1. The standard InChI is InChI=1S/C20H23F2N3O3/c1-2-14-12-16(26)25-17(23-14)13-7-6-8-15(11-13)24-18(27)20(21,22)19(28)9-4-3-5-10-19/h6-8,11-12,28H,2-5,9-10H2,1H3,(H,24,27)(H,23,25,26). The lowest BCUT2D eigenvalue weighted by molar-refractivity contribution is -0.196. The van der Waals surface area contributed by atoms with E-state index in [1.165, 1.54) is 18.2 Å². The summed E-state index contributed by atoms with van der Waals surface area (Å²) in [6.07, 6.45) is 2.04. The van der Waals surface area contributed by atoms with Gasteiger partial charge in [0.2, 0.25) is 0 Å². The molecule has 1 aromatic carbocycles. The van der Waals surface area contributed by atoms with Gasteiger partial charge in [0.25, 0.3) is 11.5 Å². The first-order chi connectivity index (χ1) is 13.2. The van der Waals surface area contributed by atoms with Gasteiger partial charge in [0.05, 0.1) is 0 Å². The van der Waals surface area contributed by atoms with Crippen LogP contribution in [0.2, 0.25) is 0 Å². The van der Waals surface area contributed by atoms with Crippen molar-refractivity contribution in [1.29, 1.82) is 0 Å². The molecule has 3 rings (SSSR count). The number of anilines is 1. The summed E-state index contributed by atoms with van der Waals surface area (Å²) in [5, 5.41) is 12.5. The Bertz CT molecular complexity index is 921.